The van der Waals surface area contributed by atoms with E-state index in [1.807, 2.05) is 37.3 Å². The number of ether oxygens (including phenoxy) is 1. The number of urea groups is 1. The minimum Gasteiger partial charge on any atom is -0.457 e. The van der Waals surface area contributed by atoms with E-state index < -0.39 is 0 Å². The molecule has 170 valence electrons. The first-order chi connectivity index (χ1) is 15.9. The lowest BCUT2D eigenvalue weighted by atomic mass is 10.1. The number of anilines is 2. The number of hydrogen-bond donors (Lipinski definition) is 4. The number of rotatable bonds is 7. The van der Waals surface area contributed by atoms with Gasteiger partial charge in [-0.2, -0.15) is 0 Å². The van der Waals surface area contributed by atoms with Crippen molar-refractivity contribution in [2.45, 2.75) is 13.3 Å². The van der Waals surface area contributed by atoms with Crippen LogP contribution >= 0.6 is 23.8 Å². The van der Waals surface area contributed by atoms with Crippen molar-refractivity contribution >= 4 is 52.4 Å². The zero-order valence-electron chi connectivity index (χ0n) is 17.7. The van der Waals surface area contributed by atoms with E-state index in [0.717, 1.165) is 5.56 Å². The fourth-order valence-corrected chi connectivity index (χ4v) is 3.21. The number of aromatic nitrogens is 1. The lowest BCUT2D eigenvalue weighted by Crippen LogP contribution is -2.35. The summed E-state index contributed by atoms with van der Waals surface area (Å²) in [5, 5.41) is 11.3. The third-order valence-corrected chi connectivity index (χ3v) is 4.71. The largest absolute Gasteiger partial charge is 0.457 e. The Morgan fingerprint density at radius 2 is 1.79 bits per heavy atom. The molecule has 0 saturated carbocycles. The molecule has 3 rings (SSSR count). The van der Waals surface area contributed by atoms with Crippen molar-refractivity contribution in [3.05, 3.63) is 77.4 Å². The Bertz CT molecular complexity index is 1140. The second kappa shape index (κ2) is 11.8. The molecule has 8 nitrogen and oxygen atoms in total. The zero-order chi connectivity index (χ0) is 23.6. The molecule has 4 N–H and O–H groups in total. The number of thiocarbonyl (C=S) groups is 1. The van der Waals surface area contributed by atoms with E-state index in [9.17, 15) is 9.59 Å². The van der Waals surface area contributed by atoms with Crippen LogP contribution in [0.1, 0.15) is 12.5 Å². The normalized spacial score (nSPS) is 10.1. The number of amides is 3. The number of carbonyl (C=O) groups excluding carboxylic acids is 2. The Morgan fingerprint density at radius 1 is 1.03 bits per heavy atom. The van der Waals surface area contributed by atoms with Crippen LogP contribution in [0.15, 0.2) is 66.9 Å². The summed E-state index contributed by atoms with van der Waals surface area (Å²) < 4.78 is 5.81. The van der Waals surface area contributed by atoms with Gasteiger partial charge in [0, 0.05) is 24.9 Å². The van der Waals surface area contributed by atoms with Crippen molar-refractivity contribution in [1.29, 1.82) is 0 Å². The Morgan fingerprint density at radius 3 is 2.52 bits per heavy atom. The highest BCUT2D eigenvalue weighted by molar-refractivity contribution is 7.80. The first-order valence-corrected chi connectivity index (χ1v) is 10.8. The molecule has 0 atom stereocenters. The average Bonchev–Trinajstić information content (AvgIpc) is 2.76. The average molecular weight is 484 g/mol. The molecule has 3 aromatic rings. The van der Waals surface area contributed by atoms with Gasteiger partial charge in [-0.15, -0.1) is 0 Å². The second-order valence-electron chi connectivity index (χ2n) is 6.77. The number of halogens is 1. The first kappa shape index (κ1) is 24.0. The zero-order valence-corrected chi connectivity index (χ0v) is 19.3. The molecular weight excluding hydrogens is 462 g/mol. The Labute approximate surface area is 201 Å². The van der Waals surface area contributed by atoms with Crippen molar-refractivity contribution in [3.8, 4) is 11.5 Å². The van der Waals surface area contributed by atoms with Gasteiger partial charge in [-0.1, -0.05) is 41.9 Å². The summed E-state index contributed by atoms with van der Waals surface area (Å²) in [7, 11) is 0. The minimum atomic E-state index is -0.354. The molecule has 0 aliphatic carbocycles. The van der Waals surface area contributed by atoms with Gasteiger partial charge in [0.1, 0.15) is 17.3 Å². The highest BCUT2D eigenvalue weighted by Gasteiger charge is 2.10. The molecule has 1 heterocycles. The van der Waals surface area contributed by atoms with Crippen LogP contribution in [0.25, 0.3) is 0 Å². The van der Waals surface area contributed by atoms with E-state index in [1.54, 1.807) is 30.3 Å². The predicted octanol–water partition coefficient (Wildman–Crippen LogP) is 4.72. The van der Waals surface area contributed by atoms with Crippen LogP contribution in [-0.4, -0.2) is 28.6 Å². The third kappa shape index (κ3) is 7.74. The molecule has 0 saturated heterocycles. The van der Waals surface area contributed by atoms with E-state index >= 15 is 0 Å². The van der Waals surface area contributed by atoms with Crippen molar-refractivity contribution < 1.29 is 14.3 Å². The van der Waals surface area contributed by atoms with Gasteiger partial charge in [-0.25, -0.2) is 9.78 Å². The Hall–Kier alpha value is -3.69. The van der Waals surface area contributed by atoms with E-state index in [0.29, 0.717) is 34.6 Å². The SMILES string of the molecule is CCNC(=O)Nc1cc(Oc2ccc(NC(=S)NC(=O)Cc3ccccc3)c(Cl)c2)ccn1. The quantitative estimate of drug-likeness (QED) is 0.362. The maximum Gasteiger partial charge on any atom is 0.320 e. The molecule has 2 aromatic carbocycles. The van der Waals surface area contributed by atoms with E-state index in [2.05, 4.69) is 26.3 Å². The van der Waals surface area contributed by atoms with Crippen molar-refractivity contribution in [2.24, 2.45) is 0 Å². The maximum atomic E-state index is 12.2. The Kier molecular flexibility index (Phi) is 8.56. The standard InChI is InChI=1S/C23H22ClN5O3S/c1-2-25-22(31)28-20-14-17(10-11-26-20)32-16-8-9-19(18(24)13-16)27-23(33)29-21(30)12-15-6-4-3-5-7-15/h3-11,13-14H,2,12H2,1H3,(H2,25,26,28,31)(H2,27,29,30,33). The number of hydrogen-bond acceptors (Lipinski definition) is 5. The summed E-state index contributed by atoms with van der Waals surface area (Å²) in [5.74, 6) is 1.06. The summed E-state index contributed by atoms with van der Waals surface area (Å²) >= 11 is 11.6. The summed E-state index contributed by atoms with van der Waals surface area (Å²) in [6.45, 7) is 2.32. The molecule has 0 spiro atoms. The van der Waals surface area contributed by atoms with Gasteiger partial charge >= 0.3 is 6.03 Å². The first-order valence-electron chi connectivity index (χ1n) is 10.1. The highest BCUT2D eigenvalue weighted by Crippen LogP contribution is 2.30. The van der Waals surface area contributed by atoms with Crippen molar-refractivity contribution in [1.82, 2.24) is 15.6 Å². The van der Waals surface area contributed by atoms with Crippen LogP contribution in [0, 0.1) is 0 Å². The fourth-order valence-electron chi connectivity index (χ4n) is 2.77. The number of nitrogens with one attached hydrogen (secondary N) is 4. The van der Waals surface area contributed by atoms with Gasteiger partial charge < -0.3 is 20.7 Å². The molecule has 0 unspecified atom stereocenters. The van der Waals surface area contributed by atoms with Gasteiger partial charge in [-0.05, 0) is 42.9 Å². The number of pyridine rings is 1. The summed E-state index contributed by atoms with van der Waals surface area (Å²) in [4.78, 5) is 27.9. The maximum absolute atomic E-state index is 12.2. The van der Waals surface area contributed by atoms with Crippen LogP contribution in [0.5, 0.6) is 11.5 Å². The lowest BCUT2D eigenvalue weighted by Gasteiger charge is -2.13. The van der Waals surface area contributed by atoms with E-state index in [4.69, 9.17) is 28.6 Å². The Balaban J connectivity index is 1.57. The molecule has 0 aliphatic rings. The summed E-state index contributed by atoms with van der Waals surface area (Å²) in [6, 6.07) is 17.2. The van der Waals surface area contributed by atoms with Crippen molar-refractivity contribution in [3.63, 3.8) is 0 Å². The lowest BCUT2D eigenvalue weighted by molar-refractivity contribution is -0.119. The highest BCUT2D eigenvalue weighted by atomic mass is 35.5. The van der Waals surface area contributed by atoms with Gasteiger partial charge in [0.25, 0.3) is 0 Å². The number of benzene rings is 2. The molecular formula is C23H22ClN5O3S. The predicted molar refractivity (Wildman–Crippen MR) is 133 cm³/mol. The van der Waals surface area contributed by atoms with Gasteiger partial charge in [0.2, 0.25) is 5.91 Å². The molecule has 3 amide bonds. The summed E-state index contributed by atoms with van der Waals surface area (Å²) in [6.07, 6.45) is 1.73. The molecule has 0 aliphatic heterocycles. The van der Waals surface area contributed by atoms with Crippen molar-refractivity contribution in [2.75, 3.05) is 17.2 Å². The molecule has 10 heteroatoms. The second-order valence-corrected chi connectivity index (χ2v) is 7.59. The topological polar surface area (TPSA) is 104 Å². The fraction of sp³-hybridized carbons (Fsp3) is 0.130. The molecule has 33 heavy (non-hydrogen) atoms. The van der Waals surface area contributed by atoms with Crippen LogP contribution < -0.4 is 26.0 Å². The minimum absolute atomic E-state index is 0.140. The monoisotopic (exact) mass is 483 g/mol. The molecule has 0 bridgehead atoms. The third-order valence-electron chi connectivity index (χ3n) is 4.20. The molecule has 1 aromatic heterocycles. The van der Waals surface area contributed by atoms with E-state index in [1.165, 1.54) is 6.20 Å². The van der Waals surface area contributed by atoms with E-state index in [-0.39, 0.29) is 23.5 Å². The van der Waals surface area contributed by atoms with Crippen LogP contribution in [-0.2, 0) is 11.2 Å². The number of carbonyl (C=O) groups is 2. The smallest absolute Gasteiger partial charge is 0.320 e. The number of nitrogens with zero attached hydrogens (tertiary/aromatic N) is 1. The summed E-state index contributed by atoms with van der Waals surface area (Å²) in [5.41, 5.74) is 1.40. The molecule has 0 radical (unpaired) electrons. The van der Waals surface area contributed by atoms with Gasteiger partial charge in [0.15, 0.2) is 5.11 Å². The van der Waals surface area contributed by atoms with Gasteiger partial charge in [0.05, 0.1) is 17.1 Å². The van der Waals surface area contributed by atoms with Crippen LogP contribution in [0.3, 0.4) is 0 Å². The van der Waals surface area contributed by atoms with Gasteiger partial charge in [-0.3, -0.25) is 10.1 Å². The van der Waals surface area contributed by atoms with Crippen LogP contribution in [0.4, 0.5) is 16.3 Å². The molecule has 0 fully saturated rings. The van der Waals surface area contributed by atoms with Crippen LogP contribution in [0.2, 0.25) is 5.02 Å².